The molecule has 1 fully saturated rings. The second-order valence-corrected chi connectivity index (χ2v) is 10.4. The van der Waals surface area contributed by atoms with Crippen molar-refractivity contribution in [3.63, 3.8) is 0 Å². The number of nitrogens with zero attached hydrogens (tertiary/aromatic N) is 4. The van der Waals surface area contributed by atoms with Crippen LogP contribution < -0.4 is 5.32 Å². The van der Waals surface area contributed by atoms with Crippen LogP contribution in [0.5, 0.6) is 0 Å². The van der Waals surface area contributed by atoms with Crippen molar-refractivity contribution in [2.75, 3.05) is 38.0 Å². The Hall–Kier alpha value is -2.42. The standard InChI is InChI=1S/C24H29N5OS2/c1-19(22(30)29-16-14-28(15-17-29)18-21-10-6-3-7-11-21)31-24-27-26-23(32-24)25-13-12-20-8-4-2-5-9-20/h2-11,19H,12-18H2,1H3,(H,25,26). The van der Waals surface area contributed by atoms with E-state index in [1.54, 1.807) is 0 Å². The van der Waals surface area contributed by atoms with Crippen LogP contribution in [0, 0.1) is 0 Å². The van der Waals surface area contributed by atoms with E-state index in [9.17, 15) is 4.79 Å². The zero-order valence-electron chi connectivity index (χ0n) is 18.3. The van der Waals surface area contributed by atoms with E-state index in [0.717, 1.165) is 55.2 Å². The lowest BCUT2D eigenvalue weighted by Crippen LogP contribution is -2.50. The van der Waals surface area contributed by atoms with Gasteiger partial charge >= 0.3 is 0 Å². The minimum atomic E-state index is -0.166. The molecule has 1 unspecified atom stereocenters. The molecule has 2 heterocycles. The molecule has 0 bridgehead atoms. The maximum Gasteiger partial charge on any atom is 0.235 e. The van der Waals surface area contributed by atoms with Crippen LogP contribution in [-0.4, -0.2) is 63.9 Å². The number of rotatable bonds is 9. The molecule has 1 aliphatic rings. The molecule has 3 aromatic rings. The molecule has 1 aliphatic heterocycles. The van der Waals surface area contributed by atoms with Gasteiger partial charge in [0.05, 0.1) is 5.25 Å². The Morgan fingerprint density at radius 1 is 1.00 bits per heavy atom. The molecule has 1 N–H and O–H groups in total. The van der Waals surface area contributed by atoms with Gasteiger partial charge in [0.1, 0.15) is 0 Å². The molecule has 32 heavy (non-hydrogen) atoms. The van der Waals surface area contributed by atoms with Gasteiger partial charge in [-0.15, -0.1) is 10.2 Å². The molecular formula is C24H29N5OS2. The van der Waals surface area contributed by atoms with Crippen LogP contribution in [0.1, 0.15) is 18.1 Å². The Labute approximate surface area is 198 Å². The number of hydrogen-bond acceptors (Lipinski definition) is 7. The molecule has 1 amide bonds. The minimum absolute atomic E-state index is 0.166. The highest BCUT2D eigenvalue weighted by Crippen LogP contribution is 2.30. The normalized spacial score (nSPS) is 15.5. The number of anilines is 1. The highest BCUT2D eigenvalue weighted by atomic mass is 32.2. The van der Waals surface area contributed by atoms with Crippen LogP contribution in [0.15, 0.2) is 65.0 Å². The molecule has 0 aliphatic carbocycles. The average Bonchev–Trinajstić information content (AvgIpc) is 3.27. The van der Waals surface area contributed by atoms with Crippen LogP contribution in [0.2, 0.25) is 0 Å². The third-order valence-electron chi connectivity index (χ3n) is 5.50. The number of thioether (sulfide) groups is 1. The molecule has 4 rings (SSSR count). The summed E-state index contributed by atoms with van der Waals surface area (Å²) >= 11 is 3.01. The van der Waals surface area contributed by atoms with Crippen molar-refractivity contribution in [2.24, 2.45) is 0 Å². The molecule has 2 aromatic carbocycles. The second kappa shape index (κ2) is 11.4. The number of nitrogens with one attached hydrogen (secondary N) is 1. The van der Waals surface area contributed by atoms with Crippen LogP contribution >= 0.6 is 23.1 Å². The predicted molar refractivity (Wildman–Crippen MR) is 132 cm³/mol. The lowest BCUT2D eigenvalue weighted by atomic mass is 10.2. The number of hydrogen-bond donors (Lipinski definition) is 1. The van der Waals surface area contributed by atoms with E-state index in [-0.39, 0.29) is 11.2 Å². The second-order valence-electron chi connectivity index (χ2n) is 7.88. The first kappa shape index (κ1) is 22.8. The van der Waals surface area contributed by atoms with Gasteiger partial charge in [0.2, 0.25) is 11.0 Å². The number of benzene rings is 2. The van der Waals surface area contributed by atoms with Crippen molar-refractivity contribution < 1.29 is 4.79 Å². The number of carbonyl (C=O) groups is 1. The van der Waals surface area contributed by atoms with Crippen molar-refractivity contribution in [2.45, 2.75) is 29.5 Å². The number of piperazine rings is 1. The molecule has 0 saturated carbocycles. The van der Waals surface area contributed by atoms with Gasteiger partial charge in [0.15, 0.2) is 4.34 Å². The maximum atomic E-state index is 12.9. The van der Waals surface area contributed by atoms with Gasteiger partial charge in [-0.1, -0.05) is 83.8 Å². The van der Waals surface area contributed by atoms with Crippen LogP contribution in [0.25, 0.3) is 0 Å². The summed E-state index contributed by atoms with van der Waals surface area (Å²) in [5.41, 5.74) is 2.61. The number of aromatic nitrogens is 2. The SMILES string of the molecule is CC(Sc1nnc(NCCc2ccccc2)s1)C(=O)N1CCN(Cc2ccccc2)CC1. The zero-order chi connectivity index (χ0) is 22.2. The Balaban J connectivity index is 1.19. The lowest BCUT2D eigenvalue weighted by molar-refractivity contribution is -0.132. The zero-order valence-corrected chi connectivity index (χ0v) is 19.9. The molecule has 6 nitrogen and oxygen atoms in total. The smallest absolute Gasteiger partial charge is 0.235 e. The van der Waals surface area contributed by atoms with E-state index in [2.05, 4.69) is 68.9 Å². The summed E-state index contributed by atoms with van der Waals surface area (Å²) in [7, 11) is 0. The van der Waals surface area contributed by atoms with Gasteiger partial charge in [-0.25, -0.2) is 0 Å². The molecule has 1 atom stereocenters. The van der Waals surface area contributed by atoms with Crippen LogP contribution in [0.4, 0.5) is 5.13 Å². The highest BCUT2D eigenvalue weighted by molar-refractivity contribution is 8.02. The Kier molecular flexibility index (Phi) is 8.14. The molecule has 1 saturated heterocycles. The fourth-order valence-electron chi connectivity index (χ4n) is 3.71. The van der Waals surface area contributed by atoms with Crippen molar-refractivity contribution >= 4 is 34.1 Å². The Morgan fingerprint density at radius 3 is 2.34 bits per heavy atom. The van der Waals surface area contributed by atoms with Gasteiger partial charge in [0.25, 0.3) is 0 Å². The van der Waals surface area contributed by atoms with Crippen molar-refractivity contribution in [1.29, 1.82) is 0 Å². The summed E-state index contributed by atoms with van der Waals surface area (Å²) in [5.74, 6) is 0.183. The quantitative estimate of drug-likeness (QED) is 0.480. The van der Waals surface area contributed by atoms with Gasteiger partial charge in [-0.05, 0) is 24.5 Å². The first-order chi connectivity index (χ1) is 15.7. The summed E-state index contributed by atoms with van der Waals surface area (Å²) in [6.07, 6.45) is 0.939. The highest BCUT2D eigenvalue weighted by Gasteiger charge is 2.26. The molecule has 1 aromatic heterocycles. The summed E-state index contributed by atoms with van der Waals surface area (Å²) in [4.78, 5) is 17.3. The molecular weight excluding hydrogens is 438 g/mol. The first-order valence-electron chi connectivity index (χ1n) is 11.0. The van der Waals surface area contributed by atoms with E-state index in [0.29, 0.717) is 0 Å². The molecule has 8 heteroatoms. The summed E-state index contributed by atoms with van der Waals surface area (Å²) in [6.45, 7) is 7.09. The van der Waals surface area contributed by atoms with Gasteiger partial charge in [-0.3, -0.25) is 9.69 Å². The van der Waals surface area contributed by atoms with E-state index in [4.69, 9.17) is 0 Å². The van der Waals surface area contributed by atoms with Crippen LogP contribution in [0.3, 0.4) is 0 Å². The summed E-state index contributed by atoms with van der Waals surface area (Å²) in [5, 5.41) is 12.5. The van der Waals surface area contributed by atoms with Crippen molar-refractivity contribution in [3.8, 4) is 0 Å². The Bertz CT molecular complexity index is 974. The van der Waals surface area contributed by atoms with E-state index < -0.39 is 0 Å². The Morgan fingerprint density at radius 2 is 1.66 bits per heavy atom. The van der Waals surface area contributed by atoms with Gasteiger partial charge in [-0.2, -0.15) is 0 Å². The third kappa shape index (κ3) is 6.54. The van der Waals surface area contributed by atoms with Gasteiger partial charge < -0.3 is 10.2 Å². The molecule has 168 valence electrons. The first-order valence-corrected chi connectivity index (χ1v) is 12.7. The molecule has 0 spiro atoms. The number of amides is 1. The summed E-state index contributed by atoms with van der Waals surface area (Å²) < 4.78 is 0.829. The van der Waals surface area contributed by atoms with E-state index >= 15 is 0 Å². The van der Waals surface area contributed by atoms with E-state index in [1.807, 2.05) is 24.0 Å². The predicted octanol–water partition coefficient (Wildman–Crippen LogP) is 4.02. The fourth-order valence-corrected chi connectivity index (χ4v) is 5.72. The van der Waals surface area contributed by atoms with Crippen LogP contribution in [-0.2, 0) is 17.8 Å². The lowest BCUT2D eigenvalue weighted by Gasteiger charge is -2.35. The van der Waals surface area contributed by atoms with Crippen molar-refractivity contribution in [1.82, 2.24) is 20.0 Å². The molecule has 0 radical (unpaired) electrons. The largest absolute Gasteiger partial charge is 0.360 e. The van der Waals surface area contributed by atoms with Gasteiger partial charge in [0, 0.05) is 39.3 Å². The maximum absolute atomic E-state index is 12.9. The minimum Gasteiger partial charge on any atom is -0.360 e. The summed E-state index contributed by atoms with van der Waals surface area (Å²) in [6, 6.07) is 20.9. The number of carbonyl (C=O) groups excluding carboxylic acids is 1. The van der Waals surface area contributed by atoms with E-state index in [1.165, 1.54) is 34.2 Å². The van der Waals surface area contributed by atoms with Crippen molar-refractivity contribution in [3.05, 3.63) is 71.8 Å². The average molecular weight is 468 g/mol. The topological polar surface area (TPSA) is 61.4 Å². The monoisotopic (exact) mass is 467 g/mol. The fraction of sp³-hybridized carbons (Fsp3) is 0.375. The third-order valence-corrected chi connectivity index (χ3v) is 7.55.